The number of amides is 1. The Kier molecular flexibility index (Phi) is 5.05. The van der Waals surface area contributed by atoms with Crippen LogP contribution in [0.2, 0.25) is 0 Å². The van der Waals surface area contributed by atoms with Crippen molar-refractivity contribution in [2.24, 2.45) is 5.92 Å². The molecule has 1 atom stereocenters. The standard InChI is InChI=1S/C20H20N6O4/c21-14-5-3-12(4-6-14)19(11-1-2-11)26-10-15(24-25-26)13-7-16(27)18(22-8-13)20(30)23-9-17(28)29/h3-8,10-11,19,27H,1-2,9,21H2,(H,23,30)(H,28,29). The van der Waals surface area contributed by atoms with Crippen molar-refractivity contribution in [1.29, 1.82) is 0 Å². The van der Waals surface area contributed by atoms with E-state index in [1.165, 1.54) is 12.3 Å². The van der Waals surface area contributed by atoms with E-state index in [1.54, 1.807) is 10.9 Å². The molecular weight excluding hydrogens is 388 g/mol. The SMILES string of the molecule is Nc1ccc(C(C2CC2)n2cc(-c3cnc(C(=O)NCC(=O)O)c(O)c3)nn2)cc1. The summed E-state index contributed by atoms with van der Waals surface area (Å²) in [6, 6.07) is 9.08. The van der Waals surface area contributed by atoms with Crippen molar-refractivity contribution < 1.29 is 19.8 Å². The molecule has 0 saturated heterocycles. The topological polar surface area (TPSA) is 156 Å². The summed E-state index contributed by atoms with van der Waals surface area (Å²) in [5, 5.41) is 29.4. The molecule has 1 amide bonds. The molecule has 0 aliphatic heterocycles. The van der Waals surface area contributed by atoms with Crippen molar-refractivity contribution in [2.75, 3.05) is 12.3 Å². The second-order valence-electron chi connectivity index (χ2n) is 7.20. The highest BCUT2D eigenvalue weighted by Gasteiger charge is 2.34. The van der Waals surface area contributed by atoms with E-state index in [4.69, 9.17) is 10.8 Å². The maximum atomic E-state index is 11.9. The number of nitrogen functional groups attached to an aromatic ring is 1. The third-order valence-corrected chi connectivity index (χ3v) is 4.92. The minimum absolute atomic E-state index is 0.0366. The Labute approximate surface area is 171 Å². The molecule has 0 bridgehead atoms. The van der Waals surface area contributed by atoms with Crippen LogP contribution in [0.25, 0.3) is 11.3 Å². The molecule has 2 heterocycles. The first-order chi connectivity index (χ1) is 14.4. The number of aromatic nitrogens is 4. The van der Waals surface area contributed by atoms with Crippen LogP contribution in [0.3, 0.4) is 0 Å². The zero-order chi connectivity index (χ0) is 21.3. The van der Waals surface area contributed by atoms with Crippen LogP contribution in [0.4, 0.5) is 5.69 Å². The van der Waals surface area contributed by atoms with Crippen molar-refractivity contribution in [3.63, 3.8) is 0 Å². The first-order valence-electron chi connectivity index (χ1n) is 9.39. The minimum Gasteiger partial charge on any atom is -0.505 e. The minimum atomic E-state index is -1.19. The molecule has 1 unspecified atom stereocenters. The molecular formula is C20H20N6O4. The summed E-state index contributed by atoms with van der Waals surface area (Å²) in [5.74, 6) is -1.87. The van der Waals surface area contributed by atoms with E-state index in [0.717, 1.165) is 18.4 Å². The molecule has 1 aromatic carbocycles. The Morgan fingerprint density at radius 3 is 2.63 bits per heavy atom. The Hall–Kier alpha value is -3.95. The summed E-state index contributed by atoms with van der Waals surface area (Å²) in [6.45, 7) is -0.566. The van der Waals surface area contributed by atoms with Gasteiger partial charge >= 0.3 is 5.97 Å². The van der Waals surface area contributed by atoms with Crippen LogP contribution in [-0.2, 0) is 4.79 Å². The van der Waals surface area contributed by atoms with E-state index >= 15 is 0 Å². The van der Waals surface area contributed by atoms with Crippen LogP contribution < -0.4 is 11.1 Å². The Morgan fingerprint density at radius 1 is 1.27 bits per heavy atom. The molecule has 5 N–H and O–H groups in total. The van der Waals surface area contributed by atoms with E-state index in [1.807, 2.05) is 24.3 Å². The van der Waals surface area contributed by atoms with Gasteiger partial charge in [-0.1, -0.05) is 17.3 Å². The van der Waals surface area contributed by atoms with Gasteiger partial charge in [0.1, 0.15) is 18.0 Å². The number of aliphatic carboxylic acids is 1. The number of carboxylic acids is 1. The normalized spacial score (nSPS) is 14.3. The molecule has 3 aromatic rings. The lowest BCUT2D eigenvalue weighted by Crippen LogP contribution is -2.29. The fraction of sp³-hybridized carbons (Fsp3) is 0.250. The van der Waals surface area contributed by atoms with Crippen LogP contribution in [0.1, 0.15) is 34.9 Å². The lowest BCUT2D eigenvalue weighted by atomic mass is 10.0. The summed E-state index contributed by atoms with van der Waals surface area (Å²) >= 11 is 0. The number of aromatic hydroxyl groups is 1. The zero-order valence-corrected chi connectivity index (χ0v) is 15.9. The van der Waals surface area contributed by atoms with E-state index in [0.29, 0.717) is 22.9 Å². The van der Waals surface area contributed by atoms with Gasteiger partial charge in [0, 0.05) is 17.4 Å². The van der Waals surface area contributed by atoms with Crippen molar-refractivity contribution >= 4 is 17.6 Å². The summed E-state index contributed by atoms with van der Waals surface area (Å²) in [5.41, 5.74) is 8.31. The average Bonchev–Trinajstić information content (AvgIpc) is 3.43. The van der Waals surface area contributed by atoms with Crippen LogP contribution >= 0.6 is 0 Å². The maximum Gasteiger partial charge on any atom is 0.322 e. The summed E-state index contributed by atoms with van der Waals surface area (Å²) < 4.78 is 1.79. The van der Waals surface area contributed by atoms with Crippen molar-refractivity contribution in [2.45, 2.75) is 18.9 Å². The number of nitrogens with zero attached hydrogens (tertiary/aromatic N) is 4. The predicted octanol–water partition coefficient (Wildman–Crippen LogP) is 1.44. The first kappa shape index (κ1) is 19.4. The number of rotatable bonds is 7. The van der Waals surface area contributed by atoms with Gasteiger partial charge in [0.05, 0.1) is 12.2 Å². The van der Waals surface area contributed by atoms with Gasteiger partial charge in [-0.3, -0.25) is 9.59 Å². The Morgan fingerprint density at radius 2 is 2.00 bits per heavy atom. The lowest BCUT2D eigenvalue weighted by molar-refractivity contribution is -0.135. The second-order valence-corrected chi connectivity index (χ2v) is 7.20. The van der Waals surface area contributed by atoms with Crippen LogP contribution in [0.15, 0.2) is 42.7 Å². The van der Waals surface area contributed by atoms with Gasteiger partial charge in [-0.05, 0) is 42.5 Å². The van der Waals surface area contributed by atoms with Crippen molar-refractivity contribution in [3.05, 3.63) is 54.0 Å². The maximum absolute atomic E-state index is 11.9. The lowest BCUT2D eigenvalue weighted by Gasteiger charge is -2.16. The molecule has 30 heavy (non-hydrogen) atoms. The molecule has 0 radical (unpaired) electrons. The van der Waals surface area contributed by atoms with E-state index in [9.17, 15) is 14.7 Å². The van der Waals surface area contributed by atoms with Gasteiger partial charge in [0.15, 0.2) is 5.69 Å². The van der Waals surface area contributed by atoms with Gasteiger partial charge < -0.3 is 21.3 Å². The largest absolute Gasteiger partial charge is 0.505 e. The molecule has 2 aromatic heterocycles. The summed E-state index contributed by atoms with van der Waals surface area (Å²) in [6.07, 6.45) is 5.37. The molecule has 4 rings (SSSR count). The fourth-order valence-electron chi connectivity index (χ4n) is 3.30. The first-order valence-corrected chi connectivity index (χ1v) is 9.39. The number of anilines is 1. The number of carbonyl (C=O) groups is 2. The van der Waals surface area contributed by atoms with Crippen molar-refractivity contribution in [3.8, 4) is 17.0 Å². The zero-order valence-electron chi connectivity index (χ0n) is 15.9. The molecule has 1 aliphatic rings. The number of hydrogen-bond acceptors (Lipinski definition) is 7. The molecule has 10 heteroatoms. The highest BCUT2D eigenvalue weighted by atomic mass is 16.4. The monoisotopic (exact) mass is 408 g/mol. The smallest absolute Gasteiger partial charge is 0.322 e. The molecule has 10 nitrogen and oxygen atoms in total. The number of nitrogens with one attached hydrogen (secondary N) is 1. The van der Waals surface area contributed by atoms with E-state index in [-0.39, 0.29) is 17.5 Å². The van der Waals surface area contributed by atoms with Crippen LogP contribution in [-0.4, -0.2) is 48.6 Å². The van der Waals surface area contributed by atoms with Gasteiger partial charge in [-0.15, -0.1) is 5.10 Å². The third-order valence-electron chi connectivity index (χ3n) is 4.92. The van der Waals surface area contributed by atoms with Crippen LogP contribution in [0, 0.1) is 5.92 Å². The second kappa shape index (κ2) is 7.82. The van der Waals surface area contributed by atoms with Crippen LogP contribution in [0.5, 0.6) is 5.75 Å². The highest BCUT2D eigenvalue weighted by molar-refractivity contribution is 5.96. The quantitative estimate of drug-likeness (QED) is 0.428. The average molecular weight is 408 g/mol. The molecule has 1 aliphatic carbocycles. The Balaban J connectivity index is 1.57. The van der Waals surface area contributed by atoms with E-state index < -0.39 is 18.4 Å². The van der Waals surface area contributed by atoms with Gasteiger partial charge in [0.2, 0.25) is 0 Å². The van der Waals surface area contributed by atoms with Gasteiger partial charge in [-0.2, -0.15) is 0 Å². The highest BCUT2D eigenvalue weighted by Crippen LogP contribution is 2.43. The molecule has 154 valence electrons. The number of nitrogens with two attached hydrogens (primary N) is 1. The summed E-state index contributed by atoms with van der Waals surface area (Å²) in [4.78, 5) is 26.5. The Bertz CT molecular complexity index is 1090. The number of carbonyl (C=O) groups excluding carboxylic acids is 1. The van der Waals surface area contributed by atoms with E-state index in [2.05, 4.69) is 20.6 Å². The third kappa shape index (κ3) is 4.07. The van der Waals surface area contributed by atoms with Gasteiger partial charge in [0.25, 0.3) is 5.91 Å². The summed E-state index contributed by atoms with van der Waals surface area (Å²) in [7, 11) is 0. The van der Waals surface area contributed by atoms with Gasteiger partial charge in [-0.25, -0.2) is 9.67 Å². The molecule has 0 spiro atoms. The number of benzene rings is 1. The fourth-order valence-corrected chi connectivity index (χ4v) is 3.30. The number of carboxylic acid groups (broad SMARTS) is 1. The predicted molar refractivity (Wildman–Crippen MR) is 107 cm³/mol. The number of pyridine rings is 1. The molecule has 1 fully saturated rings. The number of hydrogen-bond donors (Lipinski definition) is 4. The molecule has 1 saturated carbocycles. The van der Waals surface area contributed by atoms with Crippen molar-refractivity contribution in [1.82, 2.24) is 25.3 Å².